The molecule has 19 heavy (non-hydrogen) atoms. The SMILES string of the molecule is NC(=O)[C@H](NCc1ccsc1)c1ccc(Br)cc1F. The van der Waals surface area contributed by atoms with Gasteiger partial charge in [-0.05, 0) is 34.5 Å². The van der Waals surface area contributed by atoms with Crippen LogP contribution in [0.2, 0.25) is 0 Å². The Labute approximate surface area is 122 Å². The molecule has 2 aromatic rings. The molecule has 0 saturated heterocycles. The van der Waals surface area contributed by atoms with Gasteiger partial charge in [0, 0.05) is 16.6 Å². The first-order valence-corrected chi connectivity index (χ1v) is 7.30. The van der Waals surface area contributed by atoms with E-state index in [9.17, 15) is 9.18 Å². The average molecular weight is 343 g/mol. The van der Waals surface area contributed by atoms with Crippen LogP contribution in [0, 0.1) is 5.82 Å². The van der Waals surface area contributed by atoms with E-state index in [0.29, 0.717) is 11.0 Å². The first-order valence-electron chi connectivity index (χ1n) is 5.56. The summed E-state index contributed by atoms with van der Waals surface area (Å²) in [5.41, 5.74) is 6.63. The normalized spacial score (nSPS) is 12.3. The minimum Gasteiger partial charge on any atom is -0.368 e. The first kappa shape index (κ1) is 14.2. The van der Waals surface area contributed by atoms with Crippen molar-refractivity contribution in [3.05, 3.63) is 56.4 Å². The Bertz CT molecular complexity index is 574. The summed E-state index contributed by atoms with van der Waals surface area (Å²) in [6.07, 6.45) is 0. The summed E-state index contributed by atoms with van der Waals surface area (Å²) in [6, 6.07) is 5.65. The van der Waals surface area contributed by atoms with Crippen molar-refractivity contribution in [1.29, 1.82) is 0 Å². The summed E-state index contributed by atoms with van der Waals surface area (Å²) in [6.45, 7) is 0.465. The van der Waals surface area contributed by atoms with Gasteiger partial charge in [0.25, 0.3) is 0 Å². The number of rotatable bonds is 5. The van der Waals surface area contributed by atoms with Crippen molar-refractivity contribution in [2.45, 2.75) is 12.6 Å². The van der Waals surface area contributed by atoms with Crippen molar-refractivity contribution in [2.75, 3.05) is 0 Å². The van der Waals surface area contributed by atoms with Crippen molar-refractivity contribution < 1.29 is 9.18 Å². The second-order valence-electron chi connectivity index (χ2n) is 4.01. The quantitative estimate of drug-likeness (QED) is 0.877. The average Bonchev–Trinajstić information content (AvgIpc) is 2.84. The number of thiophene rings is 1. The molecule has 3 nitrogen and oxygen atoms in total. The molecule has 0 aliphatic carbocycles. The number of hydrogen-bond acceptors (Lipinski definition) is 3. The predicted octanol–water partition coefficient (Wildman–Crippen LogP) is 2.97. The highest BCUT2D eigenvalue weighted by Gasteiger charge is 2.20. The molecule has 1 aromatic carbocycles. The molecule has 1 atom stereocenters. The number of halogens is 2. The molecule has 0 saturated carbocycles. The van der Waals surface area contributed by atoms with Gasteiger partial charge in [-0.2, -0.15) is 11.3 Å². The van der Waals surface area contributed by atoms with E-state index in [2.05, 4.69) is 21.2 Å². The third kappa shape index (κ3) is 3.62. The topological polar surface area (TPSA) is 55.1 Å². The molecule has 1 amide bonds. The largest absolute Gasteiger partial charge is 0.368 e. The number of primary amides is 1. The predicted molar refractivity (Wildman–Crippen MR) is 77.2 cm³/mol. The number of amides is 1. The Hall–Kier alpha value is -1.24. The van der Waals surface area contributed by atoms with Crippen molar-refractivity contribution in [3.63, 3.8) is 0 Å². The Morgan fingerprint density at radius 1 is 1.47 bits per heavy atom. The second-order valence-corrected chi connectivity index (χ2v) is 5.71. The second kappa shape index (κ2) is 6.27. The Morgan fingerprint density at radius 2 is 2.26 bits per heavy atom. The lowest BCUT2D eigenvalue weighted by Gasteiger charge is -2.16. The number of carbonyl (C=O) groups is 1. The van der Waals surface area contributed by atoms with Crippen LogP contribution in [0.4, 0.5) is 4.39 Å². The summed E-state index contributed by atoms with van der Waals surface area (Å²) in [5.74, 6) is -1.06. The molecule has 0 fully saturated rings. The molecule has 6 heteroatoms. The summed E-state index contributed by atoms with van der Waals surface area (Å²) in [4.78, 5) is 11.5. The highest BCUT2D eigenvalue weighted by Crippen LogP contribution is 2.21. The molecular weight excluding hydrogens is 331 g/mol. The lowest BCUT2D eigenvalue weighted by Crippen LogP contribution is -2.33. The van der Waals surface area contributed by atoms with Gasteiger partial charge in [-0.3, -0.25) is 10.1 Å². The molecule has 1 aromatic heterocycles. The summed E-state index contributed by atoms with van der Waals surface area (Å²) >= 11 is 4.74. The Morgan fingerprint density at radius 3 is 2.84 bits per heavy atom. The number of nitrogens with two attached hydrogens (primary N) is 1. The van der Waals surface area contributed by atoms with Gasteiger partial charge in [0.2, 0.25) is 5.91 Å². The van der Waals surface area contributed by atoms with Gasteiger partial charge in [-0.1, -0.05) is 22.0 Å². The Kier molecular flexibility index (Phi) is 4.68. The van der Waals surface area contributed by atoms with E-state index < -0.39 is 17.8 Å². The maximum absolute atomic E-state index is 13.9. The Balaban J connectivity index is 2.17. The number of carbonyl (C=O) groups excluding carboxylic acids is 1. The lowest BCUT2D eigenvalue weighted by molar-refractivity contribution is -0.120. The van der Waals surface area contributed by atoms with E-state index in [1.54, 1.807) is 23.5 Å². The van der Waals surface area contributed by atoms with Crippen LogP contribution in [-0.2, 0) is 11.3 Å². The minimum atomic E-state index is -0.840. The maximum atomic E-state index is 13.9. The minimum absolute atomic E-state index is 0.255. The van der Waals surface area contributed by atoms with E-state index in [1.165, 1.54) is 6.07 Å². The van der Waals surface area contributed by atoms with E-state index in [1.807, 2.05) is 16.8 Å². The molecule has 0 spiro atoms. The van der Waals surface area contributed by atoms with E-state index in [-0.39, 0.29) is 5.56 Å². The van der Waals surface area contributed by atoms with Crippen molar-refractivity contribution >= 4 is 33.2 Å². The molecule has 0 bridgehead atoms. The zero-order valence-corrected chi connectivity index (χ0v) is 12.3. The van der Waals surface area contributed by atoms with Gasteiger partial charge in [0.15, 0.2) is 0 Å². The highest BCUT2D eigenvalue weighted by molar-refractivity contribution is 9.10. The first-order chi connectivity index (χ1) is 9.08. The van der Waals surface area contributed by atoms with Crippen molar-refractivity contribution in [2.24, 2.45) is 5.73 Å². The van der Waals surface area contributed by atoms with Crippen LogP contribution in [0.5, 0.6) is 0 Å². The smallest absolute Gasteiger partial charge is 0.239 e. The zero-order valence-electron chi connectivity index (χ0n) is 9.90. The summed E-state index contributed by atoms with van der Waals surface area (Å²) < 4.78 is 14.5. The van der Waals surface area contributed by atoms with Crippen LogP contribution in [-0.4, -0.2) is 5.91 Å². The number of nitrogens with one attached hydrogen (secondary N) is 1. The van der Waals surface area contributed by atoms with E-state index in [0.717, 1.165) is 5.56 Å². The maximum Gasteiger partial charge on any atom is 0.239 e. The molecule has 100 valence electrons. The number of benzene rings is 1. The molecule has 3 N–H and O–H groups in total. The van der Waals surface area contributed by atoms with Gasteiger partial charge >= 0.3 is 0 Å². The van der Waals surface area contributed by atoms with Gasteiger partial charge < -0.3 is 5.73 Å². The van der Waals surface area contributed by atoms with Gasteiger partial charge in [0.1, 0.15) is 11.9 Å². The zero-order chi connectivity index (χ0) is 13.8. The molecule has 0 unspecified atom stereocenters. The third-order valence-corrected chi connectivity index (χ3v) is 3.87. The van der Waals surface area contributed by atoms with Crippen LogP contribution >= 0.6 is 27.3 Å². The number of hydrogen-bond donors (Lipinski definition) is 2. The van der Waals surface area contributed by atoms with Crippen LogP contribution in [0.15, 0.2) is 39.5 Å². The summed E-state index contributed by atoms with van der Waals surface area (Å²) in [5, 5.41) is 6.88. The van der Waals surface area contributed by atoms with E-state index >= 15 is 0 Å². The fourth-order valence-electron chi connectivity index (χ4n) is 1.71. The van der Waals surface area contributed by atoms with E-state index in [4.69, 9.17) is 5.73 Å². The molecular formula is C13H12BrFN2OS. The molecule has 0 radical (unpaired) electrons. The molecule has 0 aliphatic rings. The van der Waals surface area contributed by atoms with Crippen LogP contribution in [0.1, 0.15) is 17.2 Å². The lowest BCUT2D eigenvalue weighted by atomic mass is 10.1. The van der Waals surface area contributed by atoms with Crippen molar-refractivity contribution in [3.8, 4) is 0 Å². The molecule has 1 heterocycles. The highest BCUT2D eigenvalue weighted by atomic mass is 79.9. The standard InChI is InChI=1S/C13H12BrFN2OS/c14-9-1-2-10(11(15)5-9)12(13(16)18)17-6-8-3-4-19-7-8/h1-5,7,12,17H,6H2,(H2,16,18)/t12-/m1/s1. The molecule has 2 rings (SSSR count). The van der Waals surface area contributed by atoms with Gasteiger partial charge in [0.05, 0.1) is 0 Å². The summed E-state index contributed by atoms with van der Waals surface area (Å²) in [7, 11) is 0. The van der Waals surface area contributed by atoms with Crippen LogP contribution in [0.3, 0.4) is 0 Å². The third-order valence-electron chi connectivity index (χ3n) is 2.65. The molecule has 0 aliphatic heterocycles. The van der Waals surface area contributed by atoms with Crippen molar-refractivity contribution in [1.82, 2.24) is 5.32 Å². The fraction of sp³-hybridized carbons (Fsp3) is 0.154. The van der Waals surface area contributed by atoms with Crippen LogP contribution in [0.25, 0.3) is 0 Å². The monoisotopic (exact) mass is 342 g/mol. The van der Waals surface area contributed by atoms with Gasteiger partial charge in [-0.25, -0.2) is 4.39 Å². The van der Waals surface area contributed by atoms with Gasteiger partial charge in [-0.15, -0.1) is 0 Å². The fourth-order valence-corrected chi connectivity index (χ4v) is 2.71. The van der Waals surface area contributed by atoms with Crippen LogP contribution < -0.4 is 11.1 Å².